The van der Waals surface area contributed by atoms with Gasteiger partial charge in [-0.2, -0.15) is 0 Å². The molecular formula is C28H34N2O5. The molecule has 0 spiro atoms. The number of nitrogens with one attached hydrogen (secondary N) is 2. The highest BCUT2D eigenvalue weighted by molar-refractivity contribution is 5.80. The van der Waals surface area contributed by atoms with Crippen LogP contribution in [0, 0.1) is 11.8 Å². The predicted octanol–water partition coefficient (Wildman–Crippen LogP) is 4.70. The van der Waals surface area contributed by atoms with Crippen LogP contribution in [0.15, 0.2) is 48.5 Å². The Balaban J connectivity index is 1.25. The molecule has 2 aliphatic carbocycles. The van der Waals surface area contributed by atoms with Gasteiger partial charge in [0.15, 0.2) is 0 Å². The third kappa shape index (κ3) is 5.50. The van der Waals surface area contributed by atoms with E-state index in [2.05, 4.69) is 34.9 Å². The minimum absolute atomic E-state index is 0.00484. The molecule has 1 fully saturated rings. The summed E-state index contributed by atoms with van der Waals surface area (Å²) in [5.41, 5.74) is 3.92. The van der Waals surface area contributed by atoms with E-state index in [0.29, 0.717) is 19.4 Å². The van der Waals surface area contributed by atoms with Crippen LogP contribution in [0.2, 0.25) is 0 Å². The number of aliphatic carboxylic acids is 1. The average Bonchev–Trinajstić information content (AvgIpc) is 3.15. The summed E-state index contributed by atoms with van der Waals surface area (Å²) >= 11 is 0. The summed E-state index contributed by atoms with van der Waals surface area (Å²) in [6, 6.07) is 16.3. The first-order valence-corrected chi connectivity index (χ1v) is 12.4. The van der Waals surface area contributed by atoms with Gasteiger partial charge in [0.05, 0.1) is 11.5 Å². The molecule has 0 radical (unpaired) electrons. The summed E-state index contributed by atoms with van der Waals surface area (Å²) < 4.78 is 5.56. The molecule has 2 amide bonds. The molecule has 0 bridgehead atoms. The molecule has 7 heteroatoms. The second kappa shape index (κ2) is 10.5. The second-order valence-electron chi connectivity index (χ2n) is 10.1. The maximum Gasteiger partial charge on any atom is 0.407 e. The number of amides is 2. The molecule has 0 heterocycles. The van der Waals surface area contributed by atoms with Crippen LogP contribution in [-0.2, 0) is 14.3 Å². The van der Waals surface area contributed by atoms with Crippen LogP contribution in [0.4, 0.5) is 4.79 Å². The number of fused-ring (bicyclic) bond motifs is 3. The molecule has 35 heavy (non-hydrogen) atoms. The van der Waals surface area contributed by atoms with Crippen molar-refractivity contribution in [3.63, 3.8) is 0 Å². The third-order valence-electron chi connectivity index (χ3n) is 7.40. The first kappa shape index (κ1) is 24.8. The van der Waals surface area contributed by atoms with Gasteiger partial charge in [0, 0.05) is 18.9 Å². The first-order valence-electron chi connectivity index (χ1n) is 12.4. The number of hydrogen-bond acceptors (Lipinski definition) is 4. The molecule has 3 atom stereocenters. The lowest BCUT2D eigenvalue weighted by atomic mass is 9.73. The van der Waals surface area contributed by atoms with Gasteiger partial charge in [-0.1, -0.05) is 68.3 Å². The van der Waals surface area contributed by atoms with Crippen molar-refractivity contribution in [1.29, 1.82) is 0 Å². The first-order chi connectivity index (χ1) is 16.8. The van der Waals surface area contributed by atoms with Crippen molar-refractivity contribution in [2.24, 2.45) is 11.8 Å². The van der Waals surface area contributed by atoms with Gasteiger partial charge in [-0.05, 0) is 47.9 Å². The molecule has 0 aromatic heterocycles. The standard InChI is InChI=1S/C28H34N2O5/c1-18(15-25(31)30-28(2)14-8-7-13-24(28)26(32)33)16-29-27(34)35-17-23-21-11-5-3-9-19(21)20-10-4-6-12-22(20)23/h3-6,9-12,18,23-24H,7-8,13-17H2,1-2H3,(H,29,34)(H,30,31)(H,32,33). The SMILES string of the molecule is CC(CNC(=O)OCC1c2ccccc2-c2ccccc21)CC(=O)NC1(C)CCCCC1C(=O)O. The van der Waals surface area contributed by atoms with E-state index >= 15 is 0 Å². The minimum atomic E-state index is -0.863. The van der Waals surface area contributed by atoms with Crippen LogP contribution >= 0.6 is 0 Å². The third-order valence-corrected chi connectivity index (χ3v) is 7.40. The zero-order chi connectivity index (χ0) is 25.0. The Hall–Kier alpha value is -3.35. The van der Waals surface area contributed by atoms with Crippen molar-refractivity contribution in [1.82, 2.24) is 10.6 Å². The van der Waals surface area contributed by atoms with Crippen molar-refractivity contribution in [3.05, 3.63) is 59.7 Å². The molecule has 7 nitrogen and oxygen atoms in total. The Bertz CT molecular complexity index is 1050. The summed E-state index contributed by atoms with van der Waals surface area (Å²) in [6.45, 7) is 4.23. The lowest BCUT2D eigenvalue weighted by Gasteiger charge is -2.40. The topological polar surface area (TPSA) is 105 Å². The summed E-state index contributed by atoms with van der Waals surface area (Å²) in [4.78, 5) is 36.7. The molecule has 0 saturated heterocycles. The fraction of sp³-hybridized carbons (Fsp3) is 0.464. The fourth-order valence-corrected chi connectivity index (χ4v) is 5.54. The van der Waals surface area contributed by atoms with Gasteiger partial charge >= 0.3 is 12.1 Å². The van der Waals surface area contributed by atoms with Crippen molar-refractivity contribution in [3.8, 4) is 11.1 Å². The number of rotatable bonds is 8. The van der Waals surface area contributed by atoms with Crippen molar-refractivity contribution in [2.45, 2.75) is 57.4 Å². The van der Waals surface area contributed by atoms with E-state index in [1.165, 1.54) is 11.1 Å². The van der Waals surface area contributed by atoms with Gasteiger partial charge in [-0.3, -0.25) is 9.59 Å². The van der Waals surface area contributed by atoms with Gasteiger partial charge in [-0.25, -0.2) is 4.79 Å². The Morgan fingerprint density at radius 3 is 2.31 bits per heavy atom. The second-order valence-corrected chi connectivity index (χ2v) is 10.1. The van der Waals surface area contributed by atoms with Gasteiger partial charge in [0.25, 0.3) is 0 Å². The highest BCUT2D eigenvalue weighted by atomic mass is 16.5. The number of benzene rings is 2. The normalized spacial score (nSPS) is 21.9. The van der Waals surface area contributed by atoms with Crippen LogP contribution in [0.25, 0.3) is 11.1 Å². The van der Waals surface area contributed by atoms with Gasteiger partial charge < -0.3 is 20.5 Å². The number of carbonyl (C=O) groups excluding carboxylic acids is 2. The molecular weight excluding hydrogens is 444 g/mol. The Morgan fingerprint density at radius 1 is 1.06 bits per heavy atom. The van der Waals surface area contributed by atoms with Crippen molar-refractivity contribution >= 4 is 18.0 Å². The van der Waals surface area contributed by atoms with E-state index in [1.807, 2.05) is 38.1 Å². The Kier molecular flexibility index (Phi) is 7.43. The zero-order valence-electron chi connectivity index (χ0n) is 20.4. The lowest BCUT2D eigenvalue weighted by Crippen LogP contribution is -2.55. The molecule has 1 saturated carbocycles. The molecule has 2 aromatic carbocycles. The average molecular weight is 479 g/mol. The van der Waals surface area contributed by atoms with E-state index in [9.17, 15) is 19.5 Å². The summed E-state index contributed by atoms with van der Waals surface area (Å²) in [7, 11) is 0. The number of carbonyl (C=O) groups is 3. The van der Waals surface area contributed by atoms with E-state index in [-0.39, 0.29) is 30.8 Å². The van der Waals surface area contributed by atoms with Crippen LogP contribution in [0.5, 0.6) is 0 Å². The zero-order valence-corrected chi connectivity index (χ0v) is 20.4. The monoisotopic (exact) mass is 478 g/mol. The smallest absolute Gasteiger partial charge is 0.407 e. The highest BCUT2D eigenvalue weighted by Crippen LogP contribution is 2.44. The summed E-state index contributed by atoms with van der Waals surface area (Å²) in [5.74, 6) is -1.75. The maximum atomic E-state index is 12.6. The van der Waals surface area contributed by atoms with Crippen LogP contribution in [0.3, 0.4) is 0 Å². The molecule has 0 aliphatic heterocycles. The number of alkyl carbamates (subject to hydrolysis) is 1. The van der Waals surface area contributed by atoms with Crippen LogP contribution < -0.4 is 10.6 Å². The number of ether oxygens (including phenoxy) is 1. The highest BCUT2D eigenvalue weighted by Gasteiger charge is 2.42. The van der Waals surface area contributed by atoms with E-state index in [0.717, 1.165) is 24.0 Å². The summed E-state index contributed by atoms with van der Waals surface area (Å²) in [6.07, 6.45) is 2.69. The van der Waals surface area contributed by atoms with Gasteiger partial charge in [-0.15, -0.1) is 0 Å². The van der Waals surface area contributed by atoms with E-state index in [1.54, 1.807) is 0 Å². The van der Waals surface area contributed by atoms with Gasteiger partial charge in [0.1, 0.15) is 6.61 Å². The number of carboxylic acids is 1. The van der Waals surface area contributed by atoms with Crippen LogP contribution in [0.1, 0.15) is 63.0 Å². The van der Waals surface area contributed by atoms with E-state index in [4.69, 9.17) is 4.74 Å². The number of hydrogen-bond donors (Lipinski definition) is 3. The van der Waals surface area contributed by atoms with Crippen LogP contribution in [-0.4, -0.2) is 41.8 Å². The Morgan fingerprint density at radius 2 is 1.69 bits per heavy atom. The Labute approximate surface area is 206 Å². The van der Waals surface area contributed by atoms with Crippen molar-refractivity contribution in [2.75, 3.05) is 13.2 Å². The predicted molar refractivity (Wildman–Crippen MR) is 133 cm³/mol. The molecule has 3 unspecified atom stereocenters. The maximum absolute atomic E-state index is 12.6. The number of carboxylic acid groups (broad SMARTS) is 1. The van der Waals surface area contributed by atoms with Crippen molar-refractivity contribution < 1.29 is 24.2 Å². The molecule has 4 rings (SSSR count). The van der Waals surface area contributed by atoms with E-state index < -0.39 is 23.5 Å². The molecule has 3 N–H and O–H groups in total. The quantitative estimate of drug-likeness (QED) is 0.510. The minimum Gasteiger partial charge on any atom is -0.481 e. The fourth-order valence-electron chi connectivity index (χ4n) is 5.54. The van der Waals surface area contributed by atoms with Gasteiger partial charge in [0.2, 0.25) is 5.91 Å². The largest absolute Gasteiger partial charge is 0.481 e. The molecule has 2 aliphatic rings. The summed E-state index contributed by atoms with van der Waals surface area (Å²) in [5, 5.41) is 15.3. The lowest BCUT2D eigenvalue weighted by molar-refractivity contribution is -0.146. The molecule has 186 valence electrons. The molecule has 2 aromatic rings.